The first-order valence-electron chi connectivity index (χ1n) is 7.13. The van der Waals surface area contributed by atoms with Crippen LogP contribution in [0.5, 0.6) is 0 Å². The van der Waals surface area contributed by atoms with Crippen molar-refractivity contribution in [2.75, 3.05) is 5.73 Å². The Morgan fingerprint density at radius 2 is 1.76 bits per heavy atom. The molecule has 3 rings (SSSR count). The number of hydrogen-bond acceptors (Lipinski definition) is 4. The number of nitrogens with zero attached hydrogens (tertiary/aromatic N) is 2. The molecule has 0 atom stereocenters. The van der Waals surface area contributed by atoms with Crippen LogP contribution >= 0.6 is 23.2 Å². The smallest absolute Gasteiger partial charge is 0.258 e. The normalized spacial score (nSPS) is 22.4. The van der Waals surface area contributed by atoms with Gasteiger partial charge in [0.25, 0.3) is 5.89 Å². The van der Waals surface area contributed by atoms with E-state index < -0.39 is 0 Å². The standard InChI is InChI=1S/C15H17Cl2N3O/c1-8-2-4-9(5-3-8)14-19-15(21-20-14)10-6-11(16)13(18)12(17)7-10/h6-9H,2-5,18H2,1H3. The lowest BCUT2D eigenvalue weighted by Gasteiger charge is -2.23. The zero-order valence-electron chi connectivity index (χ0n) is 11.8. The molecular weight excluding hydrogens is 309 g/mol. The van der Waals surface area contributed by atoms with Crippen molar-refractivity contribution in [3.63, 3.8) is 0 Å². The molecule has 1 aliphatic rings. The zero-order chi connectivity index (χ0) is 15.0. The van der Waals surface area contributed by atoms with Gasteiger partial charge in [-0.05, 0) is 30.9 Å². The molecule has 2 N–H and O–H groups in total. The van der Waals surface area contributed by atoms with Crippen molar-refractivity contribution in [3.05, 3.63) is 28.0 Å². The quantitative estimate of drug-likeness (QED) is 0.796. The van der Waals surface area contributed by atoms with Crippen molar-refractivity contribution in [1.82, 2.24) is 10.1 Å². The lowest BCUT2D eigenvalue weighted by atomic mass is 9.83. The van der Waals surface area contributed by atoms with Gasteiger partial charge in [0.1, 0.15) is 0 Å². The van der Waals surface area contributed by atoms with Crippen molar-refractivity contribution < 1.29 is 4.52 Å². The van der Waals surface area contributed by atoms with Crippen molar-refractivity contribution in [3.8, 4) is 11.5 Å². The third kappa shape index (κ3) is 3.01. The Morgan fingerprint density at radius 1 is 1.14 bits per heavy atom. The number of nitrogen functional groups attached to an aromatic ring is 1. The highest BCUT2D eigenvalue weighted by atomic mass is 35.5. The van der Waals surface area contributed by atoms with Crippen LogP contribution in [0.3, 0.4) is 0 Å². The Bertz CT molecular complexity index is 625. The highest BCUT2D eigenvalue weighted by Gasteiger charge is 2.24. The first-order valence-corrected chi connectivity index (χ1v) is 7.88. The van der Waals surface area contributed by atoms with Crippen LogP contribution in [0, 0.1) is 5.92 Å². The molecule has 1 aliphatic carbocycles. The molecule has 0 bridgehead atoms. The number of hydrogen-bond donors (Lipinski definition) is 1. The average molecular weight is 326 g/mol. The van der Waals surface area contributed by atoms with Crippen molar-refractivity contribution in [2.24, 2.45) is 5.92 Å². The number of aromatic nitrogens is 2. The lowest BCUT2D eigenvalue weighted by molar-refractivity contribution is 0.329. The highest BCUT2D eigenvalue weighted by molar-refractivity contribution is 6.39. The molecule has 0 saturated heterocycles. The van der Waals surface area contributed by atoms with E-state index in [1.54, 1.807) is 12.1 Å². The predicted molar refractivity (Wildman–Crippen MR) is 84.5 cm³/mol. The number of halogens is 2. The molecular formula is C15H17Cl2N3O. The molecule has 112 valence electrons. The Hall–Kier alpha value is -1.26. The van der Waals surface area contributed by atoms with Crippen LogP contribution < -0.4 is 5.73 Å². The SMILES string of the molecule is CC1CCC(c2noc(-c3cc(Cl)c(N)c(Cl)c3)n2)CC1. The molecule has 0 amide bonds. The van der Waals surface area contributed by atoms with E-state index in [0.717, 1.165) is 24.6 Å². The van der Waals surface area contributed by atoms with Crippen LogP contribution in [0.1, 0.15) is 44.3 Å². The van der Waals surface area contributed by atoms with Gasteiger partial charge in [0, 0.05) is 11.5 Å². The summed E-state index contributed by atoms with van der Waals surface area (Å²) >= 11 is 12.1. The van der Waals surface area contributed by atoms with Gasteiger partial charge in [-0.3, -0.25) is 0 Å². The van der Waals surface area contributed by atoms with Crippen molar-refractivity contribution >= 4 is 28.9 Å². The topological polar surface area (TPSA) is 64.9 Å². The largest absolute Gasteiger partial charge is 0.396 e. The zero-order valence-corrected chi connectivity index (χ0v) is 13.3. The molecule has 21 heavy (non-hydrogen) atoms. The molecule has 1 fully saturated rings. The Balaban J connectivity index is 1.85. The first-order chi connectivity index (χ1) is 10.0. The maximum Gasteiger partial charge on any atom is 0.258 e. The number of benzene rings is 1. The summed E-state index contributed by atoms with van der Waals surface area (Å²) in [7, 11) is 0. The summed E-state index contributed by atoms with van der Waals surface area (Å²) < 4.78 is 5.36. The Morgan fingerprint density at radius 3 is 2.38 bits per heavy atom. The summed E-state index contributed by atoms with van der Waals surface area (Å²) in [6.07, 6.45) is 4.66. The van der Waals surface area contributed by atoms with E-state index in [1.807, 2.05) is 0 Å². The Labute approximate surface area is 133 Å². The first kappa shape index (κ1) is 14.7. The minimum Gasteiger partial charge on any atom is -0.396 e. The Kier molecular flexibility index (Phi) is 4.09. The van der Waals surface area contributed by atoms with Gasteiger partial charge in [-0.1, -0.05) is 48.1 Å². The minimum atomic E-state index is 0.364. The molecule has 0 radical (unpaired) electrons. The van der Waals surface area contributed by atoms with Gasteiger partial charge in [0.2, 0.25) is 0 Å². The van der Waals surface area contributed by atoms with Crippen LogP contribution in [-0.4, -0.2) is 10.1 Å². The maximum atomic E-state index is 6.04. The summed E-state index contributed by atoms with van der Waals surface area (Å²) in [6, 6.07) is 3.39. The third-order valence-electron chi connectivity index (χ3n) is 4.15. The van der Waals surface area contributed by atoms with Crippen LogP contribution in [0.2, 0.25) is 10.0 Å². The van der Waals surface area contributed by atoms with E-state index in [1.165, 1.54) is 12.8 Å². The average Bonchev–Trinajstić information content (AvgIpc) is 2.95. The predicted octanol–water partition coefficient (Wildman–Crippen LogP) is 4.92. The second-order valence-corrected chi connectivity index (χ2v) is 6.58. The van der Waals surface area contributed by atoms with Gasteiger partial charge >= 0.3 is 0 Å². The molecule has 1 aromatic heterocycles. The minimum absolute atomic E-state index is 0.364. The van der Waals surface area contributed by atoms with E-state index in [2.05, 4.69) is 17.1 Å². The molecule has 2 aromatic rings. The summed E-state index contributed by atoms with van der Waals surface area (Å²) in [5.41, 5.74) is 6.79. The monoisotopic (exact) mass is 325 g/mol. The van der Waals surface area contributed by atoms with Crippen LogP contribution in [0.25, 0.3) is 11.5 Å². The van der Waals surface area contributed by atoms with Gasteiger partial charge in [-0.2, -0.15) is 4.98 Å². The van der Waals surface area contributed by atoms with Gasteiger partial charge < -0.3 is 10.3 Å². The highest BCUT2D eigenvalue weighted by Crippen LogP contribution is 2.36. The van der Waals surface area contributed by atoms with Gasteiger partial charge in [0.15, 0.2) is 5.82 Å². The van der Waals surface area contributed by atoms with Crippen molar-refractivity contribution in [2.45, 2.75) is 38.5 Å². The number of rotatable bonds is 2. The van der Waals surface area contributed by atoms with Gasteiger partial charge in [0.05, 0.1) is 15.7 Å². The molecule has 1 heterocycles. The maximum absolute atomic E-state index is 6.04. The van der Waals surface area contributed by atoms with E-state index in [9.17, 15) is 0 Å². The fraction of sp³-hybridized carbons (Fsp3) is 0.467. The van der Waals surface area contributed by atoms with Crippen LogP contribution in [-0.2, 0) is 0 Å². The summed E-state index contributed by atoms with van der Waals surface area (Å²) in [6.45, 7) is 2.29. The molecule has 1 saturated carbocycles. The molecule has 0 unspecified atom stereocenters. The third-order valence-corrected chi connectivity index (χ3v) is 4.77. The van der Waals surface area contributed by atoms with Crippen LogP contribution in [0.15, 0.2) is 16.7 Å². The molecule has 0 aliphatic heterocycles. The van der Waals surface area contributed by atoms with E-state index in [-0.39, 0.29) is 0 Å². The number of nitrogens with two attached hydrogens (primary N) is 1. The van der Waals surface area contributed by atoms with E-state index >= 15 is 0 Å². The van der Waals surface area contributed by atoms with Crippen LogP contribution in [0.4, 0.5) is 5.69 Å². The van der Waals surface area contributed by atoms with Crippen molar-refractivity contribution in [1.29, 1.82) is 0 Å². The van der Waals surface area contributed by atoms with Gasteiger partial charge in [-0.25, -0.2) is 0 Å². The summed E-state index contributed by atoms with van der Waals surface area (Å²) in [5, 5.41) is 4.90. The molecule has 1 aromatic carbocycles. The second kappa shape index (κ2) is 5.85. The second-order valence-electron chi connectivity index (χ2n) is 5.77. The fourth-order valence-corrected chi connectivity index (χ4v) is 3.23. The summed E-state index contributed by atoms with van der Waals surface area (Å²) in [4.78, 5) is 4.51. The van der Waals surface area contributed by atoms with E-state index in [0.29, 0.717) is 33.1 Å². The van der Waals surface area contributed by atoms with Gasteiger partial charge in [-0.15, -0.1) is 0 Å². The molecule has 6 heteroatoms. The lowest BCUT2D eigenvalue weighted by Crippen LogP contribution is -2.11. The number of anilines is 1. The molecule has 0 spiro atoms. The molecule has 4 nitrogen and oxygen atoms in total. The van der Waals surface area contributed by atoms with E-state index in [4.69, 9.17) is 33.5 Å². The summed E-state index contributed by atoms with van der Waals surface area (Å²) in [5.74, 6) is 2.40. The fourth-order valence-electron chi connectivity index (χ4n) is 2.74.